The van der Waals surface area contributed by atoms with Crippen LogP contribution < -0.4 is 4.74 Å². The largest absolute Gasteiger partial charge is 0.497 e. The van der Waals surface area contributed by atoms with Crippen molar-refractivity contribution >= 4 is 40.4 Å². The second-order valence-electron chi connectivity index (χ2n) is 8.06. The van der Waals surface area contributed by atoms with E-state index >= 15 is 0 Å². The van der Waals surface area contributed by atoms with Crippen molar-refractivity contribution in [3.8, 4) is 5.75 Å². The summed E-state index contributed by atoms with van der Waals surface area (Å²) in [6, 6.07) is 20.3. The molecule has 168 valence electrons. The van der Waals surface area contributed by atoms with Gasteiger partial charge < -0.3 is 14.0 Å². The molecule has 0 aliphatic rings. The van der Waals surface area contributed by atoms with Crippen molar-refractivity contribution in [2.75, 3.05) is 7.11 Å². The zero-order valence-electron chi connectivity index (χ0n) is 19.0. The molecule has 0 saturated carbocycles. The van der Waals surface area contributed by atoms with Crippen molar-refractivity contribution in [3.05, 3.63) is 94.3 Å². The normalized spacial score (nSPS) is 11.8. The molecule has 33 heavy (non-hydrogen) atoms. The average molecular weight is 461 g/mol. The van der Waals surface area contributed by atoms with Gasteiger partial charge in [0, 0.05) is 22.7 Å². The molecule has 0 aliphatic carbocycles. The number of hydrogen-bond acceptors (Lipinski definition) is 4. The lowest BCUT2D eigenvalue weighted by Crippen LogP contribution is -2.07. The van der Waals surface area contributed by atoms with Gasteiger partial charge in [0.1, 0.15) is 17.3 Å². The number of nitrogens with zero attached hydrogens (tertiary/aromatic N) is 2. The summed E-state index contributed by atoms with van der Waals surface area (Å²) in [5, 5.41) is 0.601. The van der Waals surface area contributed by atoms with Crippen molar-refractivity contribution in [1.82, 2.24) is 9.55 Å². The van der Waals surface area contributed by atoms with Gasteiger partial charge in [0.25, 0.3) is 0 Å². The molecule has 5 nitrogen and oxygen atoms in total. The number of fused-ring (bicyclic) bond motifs is 1. The zero-order chi connectivity index (χ0) is 23.5. The van der Waals surface area contributed by atoms with Crippen LogP contribution >= 0.6 is 11.6 Å². The number of aromatic nitrogens is 2. The fraction of sp³-hybridized carbons (Fsp3) is 0.185. The molecule has 0 amide bonds. The third-order valence-corrected chi connectivity index (χ3v) is 5.56. The van der Waals surface area contributed by atoms with Crippen LogP contribution in [0.4, 0.5) is 0 Å². The molecule has 3 aromatic carbocycles. The minimum absolute atomic E-state index is 0.160. The Morgan fingerprint density at radius 2 is 1.67 bits per heavy atom. The Kier molecular flexibility index (Phi) is 6.52. The van der Waals surface area contributed by atoms with Gasteiger partial charge in [-0.15, -0.1) is 0 Å². The smallest absolute Gasteiger partial charge is 0.343 e. The molecule has 4 rings (SSSR count). The molecular weight excluding hydrogens is 436 g/mol. The van der Waals surface area contributed by atoms with Crippen molar-refractivity contribution in [3.63, 3.8) is 0 Å². The Bertz CT molecular complexity index is 1320. The summed E-state index contributed by atoms with van der Waals surface area (Å²) in [5.41, 5.74) is 4.20. The van der Waals surface area contributed by atoms with E-state index in [0.29, 0.717) is 27.9 Å². The lowest BCUT2D eigenvalue weighted by molar-refractivity contribution is 0.0693. The molecule has 4 aromatic rings. The number of rotatable bonds is 6. The Morgan fingerprint density at radius 1 is 1.00 bits per heavy atom. The Balaban J connectivity index is 1.80. The molecule has 0 N–H and O–H groups in total. The van der Waals surface area contributed by atoms with E-state index in [9.17, 15) is 4.79 Å². The van der Waals surface area contributed by atoms with Crippen molar-refractivity contribution in [2.24, 2.45) is 0 Å². The van der Waals surface area contributed by atoms with E-state index in [4.69, 9.17) is 26.1 Å². The first kappa shape index (κ1) is 22.6. The summed E-state index contributed by atoms with van der Waals surface area (Å²) in [6.45, 7) is 6.24. The quantitative estimate of drug-likeness (QED) is 0.231. The number of imidazole rings is 1. The van der Waals surface area contributed by atoms with Crippen molar-refractivity contribution in [1.29, 1.82) is 0 Å². The van der Waals surface area contributed by atoms with Crippen LogP contribution in [0.1, 0.15) is 47.2 Å². The van der Waals surface area contributed by atoms with E-state index in [1.54, 1.807) is 49.6 Å². The van der Waals surface area contributed by atoms with E-state index in [2.05, 4.69) is 36.6 Å². The number of esters is 1. The highest BCUT2D eigenvalue weighted by atomic mass is 35.5. The molecule has 0 bridgehead atoms. The average Bonchev–Trinajstić information content (AvgIpc) is 3.16. The van der Waals surface area contributed by atoms with Crippen LogP contribution in [0.15, 0.2) is 66.7 Å². The lowest BCUT2D eigenvalue weighted by Gasteiger charge is -2.13. The summed E-state index contributed by atoms with van der Waals surface area (Å²) in [7, 11) is 1.58. The number of hydrogen-bond donors (Lipinski definition) is 0. The minimum Gasteiger partial charge on any atom is -0.497 e. The van der Waals surface area contributed by atoms with Gasteiger partial charge in [0.2, 0.25) is 0 Å². The summed E-state index contributed by atoms with van der Waals surface area (Å²) >= 11 is 6.09. The van der Waals surface area contributed by atoms with Gasteiger partial charge in [0.15, 0.2) is 0 Å². The van der Waals surface area contributed by atoms with Crippen LogP contribution in [0.2, 0.25) is 5.02 Å². The van der Waals surface area contributed by atoms with Gasteiger partial charge in [-0.1, -0.05) is 17.7 Å². The summed E-state index contributed by atoms with van der Waals surface area (Å²) in [5.74, 6) is 1.29. The fourth-order valence-electron chi connectivity index (χ4n) is 3.66. The first-order valence-corrected chi connectivity index (χ1v) is 11.1. The topological polar surface area (TPSA) is 53.4 Å². The number of methoxy groups -OCH3 is 1. The molecule has 0 radical (unpaired) electrons. The SMILES string of the molecule is COc1ccc(C(=O)OC(=Cc2nc3cc(C)ccc3n2C(C)C)c2ccc(Cl)cc2)cc1. The number of ether oxygens (including phenoxy) is 2. The number of carbonyl (C=O) groups excluding carboxylic acids is 1. The van der Waals surface area contributed by atoms with Gasteiger partial charge >= 0.3 is 5.97 Å². The molecule has 0 saturated heterocycles. The van der Waals surface area contributed by atoms with Crippen LogP contribution in [0.25, 0.3) is 22.9 Å². The maximum absolute atomic E-state index is 13.0. The van der Waals surface area contributed by atoms with Crippen LogP contribution in [-0.2, 0) is 4.74 Å². The molecule has 1 heterocycles. The van der Waals surface area contributed by atoms with Gasteiger partial charge in [-0.2, -0.15) is 0 Å². The molecule has 0 spiro atoms. The highest BCUT2D eigenvalue weighted by molar-refractivity contribution is 6.30. The molecular formula is C27H25ClN2O3. The van der Waals surface area contributed by atoms with E-state index in [1.807, 2.05) is 19.1 Å². The zero-order valence-corrected chi connectivity index (χ0v) is 19.8. The highest BCUT2D eigenvalue weighted by Gasteiger charge is 2.17. The second-order valence-corrected chi connectivity index (χ2v) is 8.50. The number of carbonyl (C=O) groups is 1. The lowest BCUT2D eigenvalue weighted by atomic mass is 10.1. The van der Waals surface area contributed by atoms with E-state index in [-0.39, 0.29) is 6.04 Å². The van der Waals surface area contributed by atoms with Gasteiger partial charge in [-0.25, -0.2) is 9.78 Å². The van der Waals surface area contributed by atoms with Gasteiger partial charge in [-0.3, -0.25) is 0 Å². The number of halogens is 1. The number of benzene rings is 3. The molecule has 0 atom stereocenters. The second kappa shape index (κ2) is 9.51. The minimum atomic E-state index is -0.470. The molecule has 0 fully saturated rings. The van der Waals surface area contributed by atoms with Gasteiger partial charge in [0.05, 0.1) is 23.7 Å². The van der Waals surface area contributed by atoms with Crippen LogP contribution in [-0.4, -0.2) is 22.6 Å². The standard InChI is InChI=1S/C27H25ClN2O3/c1-17(2)30-24-14-5-18(3)15-23(24)29-26(30)16-25(19-6-10-21(28)11-7-19)33-27(31)20-8-12-22(32-4)13-9-20/h5-17H,1-4H3. The monoisotopic (exact) mass is 460 g/mol. The van der Waals surface area contributed by atoms with Crippen LogP contribution in [0.3, 0.4) is 0 Å². The van der Waals surface area contributed by atoms with Gasteiger partial charge in [-0.05, 0) is 87.0 Å². The Hall–Kier alpha value is -3.57. The first-order chi connectivity index (χ1) is 15.9. The Labute approximate surface area is 198 Å². The molecule has 1 aromatic heterocycles. The highest BCUT2D eigenvalue weighted by Crippen LogP contribution is 2.28. The van der Waals surface area contributed by atoms with Crippen molar-refractivity contribution in [2.45, 2.75) is 26.8 Å². The third-order valence-electron chi connectivity index (χ3n) is 5.31. The van der Waals surface area contributed by atoms with Crippen LogP contribution in [0.5, 0.6) is 5.75 Å². The number of aryl methyl sites for hydroxylation is 1. The Morgan fingerprint density at radius 3 is 2.30 bits per heavy atom. The molecule has 0 unspecified atom stereocenters. The summed E-state index contributed by atoms with van der Waals surface area (Å²) in [6.07, 6.45) is 1.81. The molecule has 0 aliphatic heterocycles. The predicted octanol–water partition coefficient (Wildman–Crippen LogP) is 6.94. The molecule has 6 heteroatoms. The summed E-state index contributed by atoms with van der Waals surface area (Å²) in [4.78, 5) is 17.8. The predicted molar refractivity (Wildman–Crippen MR) is 133 cm³/mol. The maximum atomic E-state index is 13.0. The van der Waals surface area contributed by atoms with E-state index in [0.717, 1.165) is 22.2 Å². The third kappa shape index (κ3) is 4.94. The maximum Gasteiger partial charge on any atom is 0.343 e. The fourth-order valence-corrected chi connectivity index (χ4v) is 3.79. The van der Waals surface area contributed by atoms with E-state index < -0.39 is 5.97 Å². The van der Waals surface area contributed by atoms with E-state index in [1.165, 1.54) is 0 Å². The first-order valence-electron chi connectivity index (χ1n) is 10.7. The van der Waals surface area contributed by atoms with Crippen molar-refractivity contribution < 1.29 is 14.3 Å². The summed E-state index contributed by atoms with van der Waals surface area (Å²) < 4.78 is 13.2. The van der Waals surface area contributed by atoms with Crippen LogP contribution in [0, 0.1) is 6.92 Å².